The summed E-state index contributed by atoms with van der Waals surface area (Å²) in [6.45, 7) is 3.75. The predicted octanol–water partition coefficient (Wildman–Crippen LogP) is 6.06. The Morgan fingerprint density at radius 1 is 1.05 bits per heavy atom. The average Bonchev–Trinajstić information content (AvgIpc) is 3.81. The van der Waals surface area contributed by atoms with Gasteiger partial charge in [0.15, 0.2) is 0 Å². The number of pyridine rings is 1. The highest BCUT2D eigenvalue weighted by molar-refractivity contribution is 7.92. The standard InChI is InChI=1S/C30H33FN6O3S.ClH/c1-19-6-9-22-23(10-11-25(31)27(22)37-41(38,39)17-13-20-7-8-20)28(19)40-29-24(5-3-15-33-29)26-12-16-34-30(36-26)35-21-4-2-14-32-18-21;/h3,5-6,9-12,15-16,20-21,32,37H,2,4,7-8,13-14,17-18H2,1H3,(H,34,35,36);1H/t21-;/m0./s1. The molecule has 1 atom stereocenters. The highest BCUT2D eigenvalue weighted by Gasteiger charge is 2.25. The number of hydrogen-bond acceptors (Lipinski definition) is 8. The lowest BCUT2D eigenvalue weighted by Crippen LogP contribution is -2.38. The van der Waals surface area contributed by atoms with Gasteiger partial charge in [-0.15, -0.1) is 12.4 Å². The van der Waals surface area contributed by atoms with Crippen LogP contribution in [0.15, 0.2) is 54.9 Å². The van der Waals surface area contributed by atoms with E-state index in [4.69, 9.17) is 9.72 Å². The molecule has 3 heterocycles. The predicted molar refractivity (Wildman–Crippen MR) is 165 cm³/mol. The van der Waals surface area contributed by atoms with Crippen LogP contribution in [0.2, 0.25) is 0 Å². The zero-order valence-corrected chi connectivity index (χ0v) is 24.9. The topological polar surface area (TPSA) is 118 Å². The summed E-state index contributed by atoms with van der Waals surface area (Å²) in [5.74, 6) is 1.08. The summed E-state index contributed by atoms with van der Waals surface area (Å²) in [5.41, 5.74) is 2.02. The lowest BCUT2D eigenvalue weighted by atomic mass is 10.0. The number of benzene rings is 2. The van der Waals surface area contributed by atoms with Gasteiger partial charge in [0.05, 0.1) is 22.7 Å². The molecule has 1 aliphatic carbocycles. The van der Waals surface area contributed by atoms with E-state index in [9.17, 15) is 8.42 Å². The van der Waals surface area contributed by atoms with Crippen molar-refractivity contribution < 1.29 is 17.5 Å². The van der Waals surface area contributed by atoms with Crippen LogP contribution in [0.4, 0.5) is 16.0 Å². The molecule has 0 unspecified atom stereocenters. The van der Waals surface area contributed by atoms with Crippen LogP contribution < -0.4 is 20.1 Å². The Labute approximate surface area is 251 Å². The summed E-state index contributed by atoms with van der Waals surface area (Å²) >= 11 is 0. The monoisotopic (exact) mass is 612 g/mol. The number of anilines is 2. The molecular weight excluding hydrogens is 579 g/mol. The Hall–Kier alpha value is -3.54. The lowest BCUT2D eigenvalue weighted by molar-refractivity contribution is 0.466. The third-order valence-electron chi connectivity index (χ3n) is 7.58. The second-order valence-corrected chi connectivity index (χ2v) is 12.6. The maximum atomic E-state index is 15.0. The minimum atomic E-state index is -3.71. The van der Waals surface area contributed by atoms with E-state index < -0.39 is 15.8 Å². The van der Waals surface area contributed by atoms with Crippen molar-refractivity contribution >= 4 is 44.8 Å². The summed E-state index contributed by atoms with van der Waals surface area (Å²) in [6.07, 6.45) is 8.15. The molecule has 2 fully saturated rings. The molecule has 2 aromatic heterocycles. The van der Waals surface area contributed by atoms with Gasteiger partial charge in [0.25, 0.3) is 0 Å². The van der Waals surface area contributed by atoms with Crippen molar-refractivity contribution in [3.63, 3.8) is 0 Å². The first-order chi connectivity index (χ1) is 19.9. The number of ether oxygens (including phenoxy) is 1. The molecule has 6 rings (SSSR count). The number of nitrogens with zero attached hydrogens (tertiary/aromatic N) is 3. The summed E-state index contributed by atoms with van der Waals surface area (Å²) in [6, 6.07) is 12.1. The fraction of sp³-hybridized carbons (Fsp3) is 0.367. The van der Waals surface area contributed by atoms with Crippen molar-refractivity contribution in [2.45, 2.75) is 45.1 Å². The van der Waals surface area contributed by atoms with Gasteiger partial charge in [0.2, 0.25) is 21.9 Å². The lowest BCUT2D eigenvalue weighted by Gasteiger charge is -2.23. The normalized spacial score (nSPS) is 17.0. The summed E-state index contributed by atoms with van der Waals surface area (Å²) in [5, 5.41) is 7.76. The van der Waals surface area contributed by atoms with Gasteiger partial charge in [-0.3, -0.25) is 4.72 Å². The first-order valence-corrected chi connectivity index (χ1v) is 15.7. The van der Waals surface area contributed by atoms with E-state index in [2.05, 4.69) is 25.3 Å². The van der Waals surface area contributed by atoms with Crippen molar-refractivity contribution in [3.05, 3.63) is 66.2 Å². The summed E-state index contributed by atoms with van der Waals surface area (Å²) < 4.78 is 49.5. The summed E-state index contributed by atoms with van der Waals surface area (Å²) in [7, 11) is -3.71. The van der Waals surface area contributed by atoms with Crippen LogP contribution >= 0.6 is 12.4 Å². The van der Waals surface area contributed by atoms with Gasteiger partial charge in [-0.25, -0.2) is 27.8 Å². The fourth-order valence-corrected chi connectivity index (χ4v) is 6.40. The molecule has 2 aliphatic rings. The van der Waals surface area contributed by atoms with Crippen LogP contribution in [0, 0.1) is 18.7 Å². The van der Waals surface area contributed by atoms with Crippen LogP contribution in [-0.2, 0) is 10.0 Å². The Morgan fingerprint density at radius 2 is 1.88 bits per heavy atom. The van der Waals surface area contributed by atoms with Crippen LogP contribution in [0.1, 0.15) is 37.7 Å². The molecule has 9 nitrogen and oxygen atoms in total. The third-order valence-corrected chi connectivity index (χ3v) is 8.87. The van der Waals surface area contributed by atoms with Crippen LogP contribution in [-0.4, -0.2) is 48.3 Å². The van der Waals surface area contributed by atoms with Crippen molar-refractivity contribution in [3.8, 4) is 22.9 Å². The van der Waals surface area contributed by atoms with E-state index in [0.717, 1.165) is 44.3 Å². The number of fused-ring (bicyclic) bond motifs is 1. The van der Waals surface area contributed by atoms with Gasteiger partial charge in [0.1, 0.15) is 11.6 Å². The van der Waals surface area contributed by atoms with Crippen LogP contribution in [0.5, 0.6) is 11.6 Å². The number of halogens is 2. The van der Waals surface area contributed by atoms with Gasteiger partial charge in [-0.1, -0.05) is 25.0 Å². The molecule has 0 spiro atoms. The number of aromatic nitrogens is 3. The average molecular weight is 613 g/mol. The maximum absolute atomic E-state index is 15.0. The molecule has 1 aliphatic heterocycles. The van der Waals surface area contributed by atoms with Crippen molar-refractivity contribution in [2.75, 3.05) is 28.9 Å². The van der Waals surface area contributed by atoms with E-state index in [1.54, 1.807) is 36.7 Å². The Bertz CT molecular complexity index is 1680. The number of aryl methyl sites for hydroxylation is 1. The molecule has 0 amide bonds. The molecule has 12 heteroatoms. The van der Waals surface area contributed by atoms with Gasteiger partial charge in [0, 0.05) is 35.8 Å². The van der Waals surface area contributed by atoms with E-state index in [0.29, 0.717) is 51.9 Å². The first kappa shape index (κ1) is 29.9. The van der Waals surface area contributed by atoms with E-state index in [1.165, 1.54) is 6.07 Å². The zero-order chi connectivity index (χ0) is 28.4. The number of nitrogens with one attached hydrogen (secondary N) is 3. The zero-order valence-electron chi connectivity index (χ0n) is 23.3. The first-order valence-electron chi connectivity index (χ1n) is 14.0. The largest absolute Gasteiger partial charge is 0.437 e. The number of sulfonamides is 1. The SMILES string of the molecule is Cc1ccc2c(NS(=O)(=O)CCC3CC3)c(F)ccc2c1Oc1ncccc1-c1ccnc(N[C@H]2CCCNC2)n1.Cl. The Morgan fingerprint density at radius 3 is 2.67 bits per heavy atom. The molecule has 3 N–H and O–H groups in total. The molecule has 42 heavy (non-hydrogen) atoms. The minimum absolute atomic E-state index is 0. The third kappa shape index (κ3) is 6.91. The highest BCUT2D eigenvalue weighted by Crippen LogP contribution is 2.40. The van der Waals surface area contributed by atoms with E-state index in [1.807, 2.05) is 19.1 Å². The minimum Gasteiger partial charge on any atom is -0.437 e. The Balaban J connectivity index is 0.00000353. The number of rotatable bonds is 10. The van der Waals surface area contributed by atoms with Crippen molar-refractivity contribution in [1.82, 2.24) is 20.3 Å². The molecule has 222 valence electrons. The van der Waals surface area contributed by atoms with Gasteiger partial charge < -0.3 is 15.4 Å². The van der Waals surface area contributed by atoms with Gasteiger partial charge >= 0.3 is 0 Å². The highest BCUT2D eigenvalue weighted by atomic mass is 35.5. The fourth-order valence-electron chi connectivity index (χ4n) is 5.13. The number of piperidine rings is 1. The second kappa shape index (κ2) is 12.8. The Kier molecular flexibility index (Phi) is 9.10. The maximum Gasteiger partial charge on any atom is 0.232 e. The van der Waals surface area contributed by atoms with Gasteiger partial charge in [-0.2, -0.15) is 0 Å². The quantitative estimate of drug-likeness (QED) is 0.198. The van der Waals surface area contributed by atoms with Crippen molar-refractivity contribution in [2.24, 2.45) is 5.92 Å². The van der Waals surface area contributed by atoms with Crippen LogP contribution in [0.3, 0.4) is 0 Å². The molecule has 4 aromatic rings. The van der Waals surface area contributed by atoms with Crippen LogP contribution in [0.25, 0.3) is 22.0 Å². The molecular formula is C30H34ClFN6O3S. The molecule has 1 saturated carbocycles. The van der Waals surface area contributed by atoms with Gasteiger partial charge in [-0.05, 0) is 74.5 Å². The van der Waals surface area contributed by atoms with E-state index in [-0.39, 0.29) is 29.9 Å². The molecule has 2 aromatic carbocycles. The van der Waals surface area contributed by atoms with Crippen molar-refractivity contribution in [1.29, 1.82) is 0 Å². The van der Waals surface area contributed by atoms with E-state index >= 15 is 4.39 Å². The molecule has 0 bridgehead atoms. The number of hydrogen-bond donors (Lipinski definition) is 3. The smallest absolute Gasteiger partial charge is 0.232 e. The molecule has 1 saturated heterocycles. The molecule has 0 radical (unpaired) electrons. The summed E-state index contributed by atoms with van der Waals surface area (Å²) in [4.78, 5) is 13.6. The second-order valence-electron chi connectivity index (χ2n) is 10.8.